The van der Waals surface area contributed by atoms with Gasteiger partial charge in [-0.15, -0.1) is 10.2 Å². The number of amides is 1. The van der Waals surface area contributed by atoms with Crippen LogP contribution in [-0.4, -0.2) is 27.4 Å². The first-order chi connectivity index (χ1) is 10.7. The molecule has 6 nitrogen and oxygen atoms in total. The number of hydrogen-bond donors (Lipinski definition) is 2. The van der Waals surface area contributed by atoms with E-state index in [0.717, 1.165) is 5.69 Å². The molecular weight excluding hydrogens is 292 g/mol. The van der Waals surface area contributed by atoms with E-state index in [1.54, 1.807) is 30.3 Å². The molecule has 1 heterocycles. The van der Waals surface area contributed by atoms with Gasteiger partial charge in [0.1, 0.15) is 0 Å². The van der Waals surface area contributed by atoms with E-state index >= 15 is 0 Å². The molecule has 120 valence electrons. The Balaban J connectivity index is 2.10. The van der Waals surface area contributed by atoms with Gasteiger partial charge in [-0.1, -0.05) is 12.1 Å². The van der Waals surface area contributed by atoms with Gasteiger partial charge in [0.15, 0.2) is 17.3 Å². The lowest BCUT2D eigenvalue weighted by atomic mass is 10.1. The fourth-order valence-electron chi connectivity index (χ4n) is 1.89. The smallest absolute Gasteiger partial charge is 0.272 e. The predicted octanol–water partition coefficient (Wildman–Crippen LogP) is 2.95. The van der Waals surface area contributed by atoms with Crippen molar-refractivity contribution in [2.75, 3.05) is 5.32 Å². The van der Waals surface area contributed by atoms with E-state index < -0.39 is 0 Å². The third-order valence-corrected chi connectivity index (χ3v) is 2.93. The molecule has 0 saturated heterocycles. The molecule has 2 N–H and O–H groups in total. The molecule has 2 rings (SSSR count). The minimum absolute atomic E-state index is 0.00562. The summed E-state index contributed by atoms with van der Waals surface area (Å²) in [6.45, 7) is 7.21. The fraction of sp³-hybridized carbons (Fsp3) is 0.294. The number of benzene rings is 1. The van der Waals surface area contributed by atoms with Gasteiger partial charge >= 0.3 is 0 Å². The van der Waals surface area contributed by atoms with Crippen LogP contribution in [0.3, 0.4) is 0 Å². The van der Waals surface area contributed by atoms with Crippen molar-refractivity contribution in [3.05, 3.63) is 47.7 Å². The highest BCUT2D eigenvalue weighted by molar-refractivity contribution is 5.95. The average molecular weight is 312 g/mol. The van der Waals surface area contributed by atoms with E-state index in [0.29, 0.717) is 11.4 Å². The molecule has 0 spiro atoms. The Labute approximate surface area is 135 Å². The minimum Gasteiger partial charge on any atom is -0.346 e. The van der Waals surface area contributed by atoms with Gasteiger partial charge < -0.3 is 10.6 Å². The number of hydrogen-bond acceptors (Lipinski definition) is 5. The Morgan fingerprint density at radius 1 is 1.04 bits per heavy atom. The van der Waals surface area contributed by atoms with Gasteiger partial charge in [0.05, 0.1) is 0 Å². The van der Waals surface area contributed by atoms with Crippen molar-refractivity contribution in [3.8, 4) is 0 Å². The molecule has 1 aromatic heterocycles. The lowest BCUT2D eigenvalue weighted by Crippen LogP contribution is -2.41. The number of Topliss-reactive ketones (excluding diaryl/α,β-unsaturated/α-hetero) is 1. The molecular formula is C17H20N4O2. The Hall–Kier alpha value is -2.76. The maximum absolute atomic E-state index is 12.0. The average Bonchev–Trinajstić information content (AvgIpc) is 2.46. The Kier molecular flexibility index (Phi) is 4.74. The van der Waals surface area contributed by atoms with Gasteiger partial charge in [-0.25, -0.2) is 0 Å². The molecule has 0 radical (unpaired) electrons. The predicted molar refractivity (Wildman–Crippen MR) is 89.0 cm³/mol. The summed E-state index contributed by atoms with van der Waals surface area (Å²) < 4.78 is 0. The highest BCUT2D eigenvalue weighted by atomic mass is 16.2. The summed E-state index contributed by atoms with van der Waals surface area (Å²) in [4.78, 5) is 23.4. The standard InChI is InChI=1S/C17H20N4O2/c1-11(22)12-6-5-7-13(10-12)18-15-9-8-14(20-21-15)16(23)19-17(2,3)4/h5-10H,1-4H3,(H,18,21)(H,19,23). The summed E-state index contributed by atoms with van der Waals surface area (Å²) in [5.41, 5.74) is 1.27. The highest BCUT2D eigenvalue weighted by Gasteiger charge is 2.16. The molecule has 2 aromatic rings. The third-order valence-electron chi connectivity index (χ3n) is 2.93. The number of nitrogens with zero attached hydrogens (tertiary/aromatic N) is 2. The van der Waals surface area contributed by atoms with Crippen molar-refractivity contribution in [1.82, 2.24) is 15.5 Å². The van der Waals surface area contributed by atoms with Crippen LogP contribution in [0.4, 0.5) is 11.5 Å². The van der Waals surface area contributed by atoms with Crippen molar-refractivity contribution in [1.29, 1.82) is 0 Å². The molecule has 0 bridgehead atoms. The maximum Gasteiger partial charge on any atom is 0.272 e. The normalized spacial score (nSPS) is 11.0. The first kappa shape index (κ1) is 16.6. The molecule has 1 amide bonds. The number of carbonyl (C=O) groups is 2. The van der Waals surface area contributed by atoms with Gasteiger partial charge in [0, 0.05) is 16.8 Å². The van der Waals surface area contributed by atoms with Gasteiger partial charge in [0.2, 0.25) is 0 Å². The largest absolute Gasteiger partial charge is 0.346 e. The van der Waals surface area contributed by atoms with Crippen molar-refractivity contribution in [3.63, 3.8) is 0 Å². The topological polar surface area (TPSA) is 84.0 Å². The Morgan fingerprint density at radius 2 is 1.78 bits per heavy atom. The monoisotopic (exact) mass is 312 g/mol. The zero-order chi connectivity index (χ0) is 17.0. The molecule has 0 aliphatic heterocycles. The zero-order valence-electron chi connectivity index (χ0n) is 13.7. The second-order valence-corrected chi connectivity index (χ2v) is 6.27. The number of carbonyl (C=O) groups excluding carboxylic acids is 2. The maximum atomic E-state index is 12.0. The summed E-state index contributed by atoms with van der Waals surface area (Å²) in [6, 6.07) is 10.4. The van der Waals surface area contributed by atoms with Gasteiger partial charge in [0.25, 0.3) is 5.91 Å². The summed E-state index contributed by atoms with van der Waals surface area (Å²) in [6.07, 6.45) is 0. The van der Waals surface area contributed by atoms with Crippen molar-refractivity contribution < 1.29 is 9.59 Å². The van der Waals surface area contributed by atoms with Crippen LogP contribution in [0.2, 0.25) is 0 Å². The summed E-state index contributed by atoms with van der Waals surface area (Å²) in [5, 5.41) is 13.8. The third kappa shape index (κ3) is 4.88. The number of anilines is 2. The fourth-order valence-corrected chi connectivity index (χ4v) is 1.89. The lowest BCUT2D eigenvalue weighted by molar-refractivity contribution is 0.0912. The van der Waals surface area contributed by atoms with Crippen molar-refractivity contribution in [2.24, 2.45) is 0 Å². The number of ketones is 1. The van der Waals surface area contributed by atoms with E-state index in [-0.39, 0.29) is 22.9 Å². The number of nitrogens with one attached hydrogen (secondary N) is 2. The number of aromatic nitrogens is 2. The number of rotatable bonds is 4. The zero-order valence-corrected chi connectivity index (χ0v) is 13.7. The van der Waals surface area contributed by atoms with Gasteiger partial charge in [-0.2, -0.15) is 0 Å². The van der Waals surface area contributed by atoms with E-state index in [2.05, 4.69) is 20.8 Å². The molecule has 0 fully saturated rings. The van der Waals surface area contributed by atoms with E-state index in [9.17, 15) is 9.59 Å². The molecule has 0 aliphatic rings. The van der Waals surface area contributed by atoms with Crippen LogP contribution in [0, 0.1) is 0 Å². The summed E-state index contributed by atoms with van der Waals surface area (Å²) in [7, 11) is 0. The van der Waals surface area contributed by atoms with Crippen LogP contribution in [0.15, 0.2) is 36.4 Å². The summed E-state index contributed by atoms with van der Waals surface area (Å²) >= 11 is 0. The van der Waals surface area contributed by atoms with Crippen molar-refractivity contribution >= 4 is 23.2 Å². The van der Waals surface area contributed by atoms with Crippen LogP contribution in [-0.2, 0) is 0 Å². The van der Waals surface area contributed by atoms with E-state index in [1.807, 2.05) is 26.8 Å². The van der Waals surface area contributed by atoms with Crippen LogP contribution < -0.4 is 10.6 Å². The second kappa shape index (κ2) is 6.56. The van der Waals surface area contributed by atoms with E-state index in [4.69, 9.17) is 0 Å². The van der Waals surface area contributed by atoms with Crippen LogP contribution in [0.25, 0.3) is 0 Å². The SMILES string of the molecule is CC(=O)c1cccc(Nc2ccc(C(=O)NC(C)(C)C)nn2)c1. The Morgan fingerprint density at radius 3 is 2.35 bits per heavy atom. The first-order valence-corrected chi connectivity index (χ1v) is 7.29. The van der Waals surface area contributed by atoms with Crippen LogP contribution in [0.1, 0.15) is 48.5 Å². The van der Waals surface area contributed by atoms with Crippen molar-refractivity contribution in [2.45, 2.75) is 33.2 Å². The molecule has 0 atom stereocenters. The van der Waals surface area contributed by atoms with E-state index in [1.165, 1.54) is 6.92 Å². The Bertz CT molecular complexity index is 718. The molecule has 1 aromatic carbocycles. The lowest BCUT2D eigenvalue weighted by Gasteiger charge is -2.19. The van der Waals surface area contributed by atoms with Gasteiger partial charge in [-0.3, -0.25) is 9.59 Å². The molecule has 0 aliphatic carbocycles. The van der Waals surface area contributed by atoms with Crippen LogP contribution >= 0.6 is 0 Å². The molecule has 0 unspecified atom stereocenters. The summed E-state index contributed by atoms with van der Waals surface area (Å²) in [5.74, 6) is 0.224. The van der Waals surface area contributed by atoms with Gasteiger partial charge in [-0.05, 0) is 52.0 Å². The molecule has 6 heteroatoms. The molecule has 23 heavy (non-hydrogen) atoms. The minimum atomic E-state index is -0.331. The quantitative estimate of drug-likeness (QED) is 0.848. The second-order valence-electron chi connectivity index (χ2n) is 6.27. The van der Waals surface area contributed by atoms with Crippen LogP contribution in [0.5, 0.6) is 0 Å². The first-order valence-electron chi connectivity index (χ1n) is 7.29. The molecule has 0 saturated carbocycles. The highest BCUT2D eigenvalue weighted by Crippen LogP contribution is 2.16.